The standard InChI is InChI=1S/C14H17NO3/c16-14(15-9-10-2-1-3-10)11-4-5-12-13(8-11)18-7-6-17-12/h4-5,8,10H,1-3,6-7,9H2,(H,15,16). The molecule has 0 saturated heterocycles. The van der Waals surface area contributed by atoms with Gasteiger partial charge in [-0.15, -0.1) is 0 Å². The molecule has 1 aromatic carbocycles. The van der Waals surface area contributed by atoms with E-state index in [0.717, 1.165) is 12.3 Å². The van der Waals surface area contributed by atoms with Gasteiger partial charge in [-0.3, -0.25) is 4.79 Å². The number of fused-ring (bicyclic) bond motifs is 1. The van der Waals surface area contributed by atoms with Crippen molar-refractivity contribution in [3.8, 4) is 11.5 Å². The summed E-state index contributed by atoms with van der Waals surface area (Å²) < 4.78 is 10.9. The van der Waals surface area contributed by atoms with Gasteiger partial charge in [0.15, 0.2) is 11.5 Å². The number of hydrogen-bond donors (Lipinski definition) is 1. The van der Waals surface area contributed by atoms with Crippen LogP contribution in [0.15, 0.2) is 18.2 Å². The molecule has 18 heavy (non-hydrogen) atoms. The second kappa shape index (κ2) is 4.88. The molecule has 1 aliphatic carbocycles. The van der Waals surface area contributed by atoms with Gasteiger partial charge in [-0.05, 0) is 37.0 Å². The lowest BCUT2D eigenvalue weighted by atomic mass is 9.85. The molecular formula is C14H17NO3. The van der Waals surface area contributed by atoms with Crippen molar-refractivity contribution in [3.05, 3.63) is 23.8 Å². The lowest BCUT2D eigenvalue weighted by molar-refractivity contribution is 0.0938. The first-order valence-corrected chi connectivity index (χ1v) is 6.51. The molecule has 1 heterocycles. The molecule has 1 amide bonds. The van der Waals surface area contributed by atoms with Crippen molar-refractivity contribution in [1.29, 1.82) is 0 Å². The van der Waals surface area contributed by atoms with E-state index >= 15 is 0 Å². The summed E-state index contributed by atoms with van der Waals surface area (Å²) >= 11 is 0. The molecular weight excluding hydrogens is 230 g/mol. The van der Waals surface area contributed by atoms with Crippen molar-refractivity contribution in [2.45, 2.75) is 19.3 Å². The van der Waals surface area contributed by atoms with Crippen molar-refractivity contribution in [3.63, 3.8) is 0 Å². The Hall–Kier alpha value is -1.71. The first-order chi connectivity index (χ1) is 8.83. The van der Waals surface area contributed by atoms with Gasteiger partial charge in [-0.1, -0.05) is 6.42 Å². The van der Waals surface area contributed by atoms with Gasteiger partial charge in [0.1, 0.15) is 13.2 Å². The summed E-state index contributed by atoms with van der Waals surface area (Å²) in [6, 6.07) is 5.33. The molecule has 0 unspecified atom stereocenters. The number of ether oxygens (including phenoxy) is 2. The van der Waals surface area contributed by atoms with Crippen LogP contribution in [0.2, 0.25) is 0 Å². The van der Waals surface area contributed by atoms with Gasteiger partial charge < -0.3 is 14.8 Å². The van der Waals surface area contributed by atoms with Crippen LogP contribution in [0.1, 0.15) is 29.6 Å². The third kappa shape index (κ3) is 2.28. The van der Waals surface area contributed by atoms with Gasteiger partial charge in [0.05, 0.1) is 0 Å². The fourth-order valence-electron chi connectivity index (χ4n) is 2.22. The average molecular weight is 247 g/mol. The van der Waals surface area contributed by atoms with Crippen LogP contribution in [-0.4, -0.2) is 25.7 Å². The van der Waals surface area contributed by atoms with E-state index < -0.39 is 0 Å². The largest absolute Gasteiger partial charge is 0.486 e. The first kappa shape index (κ1) is 11.4. The van der Waals surface area contributed by atoms with E-state index in [9.17, 15) is 4.79 Å². The van der Waals surface area contributed by atoms with Crippen LogP contribution in [0.3, 0.4) is 0 Å². The number of carbonyl (C=O) groups excluding carboxylic acids is 1. The molecule has 4 heteroatoms. The smallest absolute Gasteiger partial charge is 0.251 e. The Labute approximate surface area is 106 Å². The highest BCUT2D eigenvalue weighted by atomic mass is 16.6. The van der Waals surface area contributed by atoms with Crippen LogP contribution in [0.4, 0.5) is 0 Å². The quantitative estimate of drug-likeness (QED) is 0.888. The molecule has 1 aromatic rings. The zero-order chi connectivity index (χ0) is 12.4. The summed E-state index contributed by atoms with van der Waals surface area (Å²) in [6.07, 6.45) is 3.77. The van der Waals surface area contributed by atoms with Crippen LogP contribution in [0, 0.1) is 5.92 Å². The molecule has 0 bridgehead atoms. The van der Waals surface area contributed by atoms with E-state index in [2.05, 4.69) is 5.32 Å². The number of benzene rings is 1. The van der Waals surface area contributed by atoms with Crippen molar-refractivity contribution in [1.82, 2.24) is 5.32 Å². The van der Waals surface area contributed by atoms with E-state index in [-0.39, 0.29) is 5.91 Å². The SMILES string of the molecule is O=C(NCC1CCC1)c1ccc2c(c1)OCCO2. The molecule has 1 N–H and O–H groups in total. The molecule has 2 aliphatic rings. The highest BCUT2D eigenvalue weighted by Crippen LogP contribution is 2.31. The third-order valence-electron chi connectivity index (χ3n) is 3.58. The monoisotopic (exact) mass is 247 g/mol. The van der Waals surface area contributed by atoms with Crippen LogP contribution in [-0.2, 0) is 0 Å². The Bertz CT molecular complexity index is 454. The van der Waals surface area contributed by atoms with Crippen molar-refractivity contribution in [2.24, 2.45) is 5.92 Å². The van der Waals surface area contributed by atoms with E-state index in [1.165, 1.54) is 19.3 Å². The maximum Gasteiger partial charge on any atom is 0.251 e. The van der Waals surface area contributed by atoms with Crippen LogP contribution >= 0.6 is 0 Å². The predicted molar refractivity (Wildman–Crippen MR) is 67.1 cm³/mol. The van der Waals surface area contributed by atoms with Crippen molar-refractivity contribution in [2.75, 3.05) is 19.8 Å². The summed E-state index contributed by atoms with van der Waals surface area (Å²) in [5, 5.41) is 2.97. The lowest BCUT2D eigenvalue weighted by Gasteiger charge is -2.25. The number of rotatable bonds is 3. The number of carbonyl (C=O) groups is 1. The Balaban J connectivity index is 1.65. The highest BCUT2D eigenvalue weighted by molar-refractivity contribution is 5.94. The predicted octanol–water partition coefficient (Wildman–Crippen LogP) is 1.99. The molecule has 1 fully saturated rings. The first-order valence-electron chi connectivity index (χ1n) is 6.51. The average Bonchev–Trinajstić information content (AvgIpc) is 2.36. The molecule has 0 radical (unpaired) electrons. The van der Waals surface area contributed by atoms with E-state index in [1.807, 2.05) is 0 Å². The molecule has 0 aromatic heterocycles. The molecule has 1 saturated carbocycles. The van der Waals surface area contributed by atoms with Gasteiger partial charge in [0, 0.05) is 12.1 Å². The van der Waals surface area contributed by atoms with E-state index in [4.69, 9.17) is 9.47 Å². The fourth-order valence-corrected chi connectivity index (χ4v) is 2.22. The van der Waals surface area contributed by atoms with Crippen molar-refractivity contribution >= 4 is 5.91 Å². The van der Waals surface area contributed by atoms with E-state index in [0.29, 0.717) is 30.4 Å². The van der Waals surface area contributed by atoms with Gasteiger partial charge in [0.25, 0.3) is 5.91 Å². The Kier molecular flexibility index (Phi) is 3.09. The minimum absolute atomic E-state index is 0.0288. The number of amides is 1. The highest BCUT2D eigenvalue weighted by Gasteiger charge is 2.19. The summed E-state index contributed by atoms with van der Waals surface area (Å²) in [5.41, 5.74) is 0.638. The maximum atomic E-state index is 12.0. The number of hydrogen-bond acceptors (Lipinski definition) is 3. The van der Waals surface area contributed by atoms with Crippen LogP contribution < -0.4 is 14.8 Å². The zero-order valence-electron chi connectivity index (χ0n) is 10.3. The molecule has 4 nitrogen and oxygen atoms in total. The lowest BCUT2D eigenvalue weighted by Crippen LogP contribution is -2.32. The van der Waals surface area contributed by atoms with Gasteiger partial charge in [0.2, 0.25) is 0 Å². The zero-order valence-corrected chi connectivity index (χ0v) is 10.3. The fraction of sp³-hybridized carbons (Fsp3) is 0.500. The van der Waals surface area contributed by atoms with Crippen LogP contribution in [0.5, 0.6) is 11.5 Å². The molecule has 0 atom stereocenters. The van der Waals surface area contributed by atoms with Crippen molar-refractivity contribution < 1.29 is 14.3 Å². The molecule has 3 rings (SSSR count). The van der Waals surface area contributed by atoms with Gasteiger partial charge in [-0.2, -0.15) is 0 Å². The number of nitrogens with one attached hydrogen (secondary N) is 1. The second-order valence-corrected chi connectivity index (χ2v) is 4.87. The normalized spacial score (nSPS) is 18.0. The molecule has 1 aliphatic heterocycles. The summed E-state index contributed by atoms with van der Waals surface area (Å²) in [4.78, 5) is 12.0. The Morgan fingerprint density at radius 2 is 2.00 bits per heavy atom. The molecule has 96 valence electrons. The van der Waals surface area contributed by atoms with Gasteiger partial charge >= 0.3 is 0 Å². The van der Waals surface area contributed by atoms with Crippen LogP contribution in [0.25, 0.3) is 0 Å². The van der Waals surface area contributed by atoms with Gasteiger partial charge in [-0.25, -0.2) is 0 Å². The summed E-state index contributed by atoms with van der Waals surface area (Å²) in [5.74, 6) is 2.03. The third-order valence-corrected chi connectivity index (χ3v) is 3.58. The molecule has 0 spiro atoms. The Morgan fingerprint density at radius 1 is 1.22 bits per heavy atom. The second-order valence-electron chi connectivity index (χ2n) is 4.87. The summed E-state index contributed by atoms with van der Waals surface area (Å²) in [7, 11) is 0. The topological polar surface area (TPSA) is 47.6 Å². The minimum Gasteiger partial charge on any atom is -0.486 e. The summed E-state index contributed by atoms with van der Waals surface area (Å²) in [6.45, 7) is 1.90. The maximum absolute atomic E-state index is 12.0. The Morgan fingerprint density at radius 3 is 2.72 bits per heavy atom. The minimum atomic E-state index is -0.0288. The van der Waals surface area contributed by atoms with E-state index in [1.54, 1.807) is 18.2 Å².